The monoisotopic (exact) mass is 416 g/mol. The largest absolute Gasteiger partial charge is 0.465 e. The van der Waals surface area contributed by atoms with Crippen molar-refractivity contribution in [2.24, 2.45) is 0 Å². The zero-order valence-electron chi connectivity index (χ0n) is 19.4. The molecule has 28 heavy (non-hydrogen) atoms. The summed E-state index contributed by atoms with van der Waals surface area (Å²) >= 11 is 1.96. The highest BCUT2D eigenvalue weighted by Gasteiger charge is 2.05. The highest BCUT2D eigenvalue weighted by molar-refractivity contribution is 7.99. The third-order valence-corrected chi connectivity index (χ3v) is 5.38. The second-order valence-corrected chi connectivity index (χ2v) is 9.04. The molecule has 0 heterocycles. The minimum absolute atomic E-state index is 0.0847. The Morgan fingerprint density at radius 1 is 0.643 bits per heavy atom. The smallest absolute Gasteiger partial charge is 0.313 e. The standard InChI is InChI=1S/C20H38O3.C4H10S/c1-3-4-5-6-7-8-9-10-11-12-13-14-15-16-17-23-20(22)18-19(2)21;1-3-5-4-2/h3-18H2,1-2H3;3-4H2,1-2H3. The normalized spacial score (nSPS) is 10.3. The Bertz CT molecular complexity index is 330. The molecule has 0 amide bonds. The maximum Gasteiger partial charge on any atom is 0.313 e. The van der Waals surface area contributed by atoms with Crippen molar-refractivity contribution < 1.29 is 14.3 Å². The summed E-state index contributed by atoms with van der Waals surface area (Å²) in [5.41, 5.74) is 0. The van der Waals surface area contributed by atoms with Crippen molar-refractivity contribution in [3.8, 4) is 0 Å². The first-order valence-electron chi connectivity index (χ1n) is 11.8. The third-order valence-electron chi connectivity index (χ3n) is 4.56. The highest BCUT2D eigenvalue weighted by atomic mass is 32.2. The van der Waals surface area contributed by atoms with Crippen LogP contribution >= 0.6 is 11.8 Å². The molecule has 0 aromatic heterocycles. The van der Waals surface area contributed by atoms with Gasteiger partial charge in [-0.1, -0.05) is 104 Å². The van der Waals surface area contributed by atoms with E-state index in [2.05, 4.69) is 20.8 Å². The van der Waals surface area contributed by atoms with Gasteiger partial charge in [-0.2, -0.15) is 11.8 Å². The summed E-state index contributed by atoms with van der Waals surface area (Å²) in [4.78, 5) is 21.9. The lowest BCUT2D eigenvalue weighted by molar-refractivity contribution is -0.145. The molecule has 0 atom stereocenters. The van der Waals surface area contributed by atoms with Gasteiger partial charge in [-0.3, -0.25) is 9.59 Å². The molecule has 168 valence electrons. The van der Waals surface area contributed by atoms with Gasteiger partial charge in [0.2, 0.25) is 0 Å². The summed E-state index contributed by atoms with van der Waals surface area (Å²) in [7, 11) is 0. The van der Waals surface area contributed by atoms with Crippen LogP contribution in [0.4, 0.5) is 0 Å². The van der Waals surface area contributed by atoms with Gasteiger partial charge in [0.25, 0.3) is 0 Å². The Hall–Kier alpha value is -0.510. The molecule has 0 saturated heterocycles. The van der Waals surface area contributed by atoms with Crippen LogP contribution in [0, 0.1) is 0 Å². The number of ether oxygens (including phenoxy) is 1. The van der Waals surface area contributed by atoms with Crippen LogP contribution in [-0.4, -0.2) is 29.9 Å². The number of Topliss-reactive ketones (excluding diaryl/α,β-unsaturated/α-hetero) is 1. The molecule has 4 heteroatoms. The van der Waals surface area contributed by atoms with Crippen LogP contribution in [0.5, 0.6) is 0 Å². The van der Waals surface area contributed by atoms with Crippen molar-refractivity contribution in [2.45, 2.75) is 124 Å². The number of thioether (sulfide) groups is 1. The zero-order chi connectivity index (χ0) is 21.3. The van der Waals surface area contributed by atoms with E-state index in [-0.39, 0.29) is 18.2 Å². The summed E-state index contributed by atoms with van der Waals surface area (Å²) in [6.07, 6.45) is 18.3. The summed E-state index contributed by atoms with van der Waals surface area (Å²) in [6, 6.07) is 0. The van der Waals surface area contributed by atoms with Gasteiger partial charge in [-0.15, -0.1) is 0 Å². The van der Waals surface area contributed by atoms with Gasteiger partial charge >= 0.3 is 5.97 Å². The maximum absolute atomic E-state index is 11.1. The Morgan fingerprint density at radius 3 is 1.36 bits per heavy atom. The van der Waals surface area contributed by atoms with E-state index in [1.54, 1.807) is 0 Å². The lowest BCUT2D eigenvalue weighted by Gasteiger charge is -2.04. The van der Waals surface area contributed by atoms with Gasteiger partial charge in [-0.25, -0.2) is 0 Å². The average molecular weight is 417 g/mol. The van der Waals surface area contributed by atoms with E-state index >= 15 is 0 Å². The molecule has 0 saturated carbocycles. The molecule has 0 N–H and O–H groups in total. The fraction of sp³-hybridized carbons (Fsp3) is 0.917. The van der Waals surface area contributed by atoms with Crippen molar-refractivity contribution >= 4 is 23.5 Å². The van der Waals surface area contributed by atoms with Gasteiger partial charge < -0.3 is 4.74 Å². The molecule has 0 fully saturated rings. The molecule has 0 aliphatic rings. The molecule has 3 nitrogen and oxygen atoms in total. The lowest BCUT2D eigenvalue weighted by Crippen LogP contribution is -2.09. The predicted molar refractivity (Wildman–Crippen MR) is 125 cm³/mol. The van der Waals surface area contributed by atoms with Crippen LogP contribution in [0.1, 0.15) is 124 Å². The average Bonchev–Trinajstić information content (AvgIpc) is 2.65. The number of carbonyl (C=O) groups is 2. The van der Waals surface area contributed by atoms with Crippen LogP contribution in [0.15, 0.2) is 0 Å². The SMILES string of the molecule is CCCCCCCCCCCCCCCCOC(=O)CC(C)=O.CCSCC. The van der Waals surface area contributed by atoms with Crippen LogP contribution < -0.4 is 0 Å². The molecule has 0 aliphatic heterocycles. The van der Waals surface area contributed by atoms with Crippen molar-refractivity contribution in [1.29, 1.82) is 0 Å². The van der Waals surface area contributed by atoms with E-state index in [4.69, 9.17) is 4.74 Å². The van der Waals surface area contributed by atoms with Crippen molar-refractivity contribution in [2.75, 3.05) is 18.1 Å². The Kier molecular flexibility index (Phi) is 28.1. The summed E-state index contributed by atoms with van der Waals surface area (Å²) in [6.45, 7) is 8.49. The molecule has 0 unspecified atom stereocenters. The van der Waals surface area contributed by atoms with E-state index in [1.807, 2.05) is 11.8 Å². The van der Waals surface area contributed by atoms with Crippen molar-refractivity contribution in [1.82, 2.24) is 0 Å². The van der Waals surface area contributed by atoms with Crippen LogP contribution in [-0.2, 0) is 14.3 Å². The number of esters is 1. The minimum Gasteiger partial charge on any atom is -0.465 e. The van der Waals surface area contributed by atoms with Crippen LogP contribution in [0.2, 0.25) is 0 Å². The molecule has 0 rings (SSSR count). The fourth-order valence-corrected chi connectivity index (χ4v) is 3.35. The number of ketones is 1. The van der Waals surface area contributed by atoms with E-state index in [1.165, 1.54) is 95.5 Å². The highest BCUT2D eigenvalue weighted by Crippen LogP contribution is 2.12. The number of hydrogen-bond donors (Lipinski definition) is 0. The Balaban J connectivity index is 0. The molecule has 0 bridgehead atoms. The molecule has 0 spiro atoms. The summed E-state index contributed by atoms with van der Waals surface area (Å²) in [5, 5.41) is 0. The Morgan fingerprint density at radius 2 is 1.04 bits per heavy atom. The predicted octanol–water partition coefficient (Wildman–Crippen LogP) is 7.75. The second-order valence-electron chi connectivity index (χ2n) is 7.48. The Labute approximate surface area is 180 Å². The van der Waals surface area contributed by atoms with Gasteiger partial charge in [0.05, 0.1) is 6.61 Å². The van der Waals surface area contributed by atoms with Gasteiger partial charge in [0.1, 0.15) is 12.2 Å². The molecular weight excluding hydrogens is 368 g/mol. The molecule has 0 aromatic carbocycles. The topological polar surface area (TPSA) is 43.4 Å². The van der Waals surface area contributed by atoms with Crippen molar-refractivity contribution in [3.05, 3.63) is 0 Å². The number of unbranched alkanes of at least 4 members (excludes halogenated alkanes) is 13. The maximum atomic E-state index is 11.1. The van der Waals surface area contributed by atoms with Gasteiger partial charge in [0, 0.05) is 0 Å². The van der Waals surface area contributed by atoms with E-state index in [9.17, 15) is 9.59 Å². The first-order valence-corrected chi connectivity index (χ1v) is 13.0. The quantitative estimate of drug-likeness (QED) is 0.123. The van der Waals surface area contributed by atoms with E-state index in [0.717, 1.165) is 12.8 Å². The number of rotatable bonds is 19. The molecule has 0 radical (unpaired) electrons. The first kappa shape index (κ1) is 29.7. The number of hydrogen-bond acceptors (Lipinski definition) is 4. The van der Waals surface area contributed by atoms with Gasteiger partial charge in [-0.05, 0) is 24.9 Å². The zero-order valence-corrected chi connectivity index (χ0v) is 20.2. The fourth-order valence-electron chi connectivity index (χ4n) is 2.94. The van der Waals surface area contributed by atoms with Crippen LogP contribution in [0.3, 0.4) is 0 Å². The summed E-state index contributed by atoms with van der Waals surface area (Å²) in [5.74, 6) is 2.01. The second kappa shape index (κ2) is 26.5. The summed E-state index contributed by atoms with van der Waals surface area (Å²) < 4.78 is 5.00. The van der Waals surface area contributed by atoms with Crippen molar-refractivity contribution in [3.63, 3.8) is 0 Å². The lowest BCUT2D eigenvalue weighted by atomic mass is 10.0. The van der Waals surface area contributed by atoms with E-state index < -0.39 is 0 Å². The first-order chi connectivity index (χ1) is 13.6. The third kappa shape index (κ3) is 30.2. The molecule has 0 aliphatic carbocycles. The van der Waals surface area contributed by atoms with Crippen LogP contribution in [0.25, 0.3) is 0 Å². The molecular formula is C24H48O3S. The van der Waals surface area contributed by atoms with E-state index in [0.29, 0.717) is 6.61 Å². The molecule has 0 aromatic rings. The number of carbonyl (C=O) groups excluding carboxylic acids is 2. The van der Waals surface area contributed by atoms with Gasteiger partial charge in [0.15, 0.2) is 0 Å². The minimum atomic E-state index is -0.382.